The number of fused-ring (bicyclic) bond motifs is 2. The number of hydrogen-bond donors (Lipinski definition) is 1. The van der Waals surface area contributed by atoms with E-state index in [2.05, 4.69) is 30.4 Å². The second-order valence-corrected chi connectivity index (χ2v) is 4.35. The van der Waals surface area contributed by atoms with Gasteiger partial charge in [-0.2, -0.15) is 0 Å². The van der Waals surface area contributed by atoms with E-state index in [4.69, 9.17) is 0 Å². The summed E-state index contributed by atoms with van der Waals surface area (Å²) in [4.78, 5) is 10.9. The van der Waals surface area contributed by atoms with Gasteiger partial charge < -0.3 is 4.98 Å². The fourth-order valence-electron chi connectivity index (χ4n) is 1.44. The van der Waals surface area contributed by atoms with E-state index in [1.54, 1.807) is 30.1 Å². The molecule has 0 bridgehead atoms. The summed E-state index contributed by atoms with van der Waals surface area (Å²) in [6, 6.07) is 3.84. The predicted molar refractivity (Wildman–Crippen MR) is 69.1 cm³/mol. The Kier molecular flexibility index (Phi) is 2.89. The number of thiophene rings is 1. The van der Waals surface area contributed by atoms with Gasteiger partial charge in [-0.25, -0.2) is 9.97 Å². The van der Waals surface area contributed by atoms with Gasteiger partial charge in [-0.1, -0.05) is 0 Å². The van der Waals surface area contributed by atoms with E-state index in [-0.39, 0.29) is 0 Å². The first-order valence-electron chi connectivity index (χ1n) is 5.18. The van der Waals surface area contributed by atoms with Crippen molar-refractivity contribution in [1.82, 2.24) is 30.4 Å². The quantitative estimate of drug-likeness (QED) is 0.520. The number of hydrogen-bond acceptors (Lipinski definition) is 6. The van der Waals surface area contributed by atoms with E-state index < -0.39 is 0 Å². The maximum absolute atomic E-state index is 4.04. The highest BCUT2D eigenvalue weighted by atomic mass is 32.1. The number of aromatic nitrogens is 6. The first kappa shape index (κ1) is 10.7. The molecule has 0 saturated heterocycles. The predicted octanol–water partition coefficient (Wildman–Crippen LogP) is 2.04. The molecule has 0 atom stereocenters. The standard InChI is InChI=1S/C6H4N2S.C5H4N4/c1-2-9-6-3-7-4-8-5(1)6;1-2-6-5-3-7-9-8-4(1)5/h1-4H;1-3,6H. The Labute approximate surface area is 106 Å². The Morgan fingerprint density at radius 1 is 1.11 bits per heavy atom. The Balaban J connectivity index is 0.000000111. The molecule has 0 aliphatic carbocycles. The highest BCUT2D eigenvalue weighted by Crippen LogP contribution is 2.15. The molecule has 4 aromatic heterocycles. The molecule has 4 heterocycles. The SMILES string of the molecule is c1cc2nnncc2[nH]1.c1ncc2sccc2n1. The van der Waals surface area contributed by atoms with Crippen LogP contribution in [-0.2, 0) is 0 Å². The van der Waals surface area contributed by atoms with E-state index in [0.717, 1.165) is 21.3 Å². The van der Waals surface area contributed by atoms with Gasteiger partial charge in [0, 0.05) is 12.4 Å². The van der Waals surface area contributed by atoms with Gasteiger partial charge in [0.2, 0.25) is 0 Å². The minimum Gasteiger partial charge on any atom is -0.358 e. The molecule has 0 fully saturated rings. The molecule has 0 amide bonds. The monoisotopic (exact) mass is 256 g/mol. The molecule has 0 spiro atoms. The zero-order valence-electron chi connectivity index (χ0n) is 9.19. The molecule has 0 saturated carbocycles. The lowest BCUT2D eigenvalue weighted by molar-refractivity contribution is 0.895. The van der Waals surface area contributed by atoms with Crippen molar-refractivity contribution in [2.75, 3.05) is 0 Å². The van der Waals surface area contributed by atoms with Gasteiger partial charge in [0.1, 0.15) is 11.8 Å². The summed E-state index contributed by atoms with van der Waals surface area (Å²) >= 11 is 1.66. The van der Waals surface area contributed by atoms with E-state index in [1.807, 2.05) is 23.7 Å². The summed E-state index contributed by atoms with van der Waals surface area (Å²) in [6.45, 7) is 0. The highest BCUT2D eigenvalue weighted by Gasteiger charge is 1.91. The third kappa shape index (κ3) is 2.16. The maximum atomic E-state index is 4.04. The van der Waals surface area contributed by atoms with Crippen LogP contribution in [0.4, 0.5) is 0 Å². The lowest BCUT2D eigenvalue weighted by Gasteiger charge is -1.81. The van der Waals surface area contributed by atoms with Crippen LogP contribution in [0.2, 0.25) is 0 Å². The van der Waals surface area contributed by atoms with Crippen molar-refractivity contribution in [3.8, 4) is 0 Å². The number of nitrogens with one attached hydrogen (secondary N) is 1. The molecule has 6 nitrogen and oxygen atoms in total. The van der Waals surface area contributed by atoms with Gasteiger partial charge in [-0.05, 0) is 22.7 Å². The average Bonchev–Trinajstić information content (AvgIpc) is 3.08. The van der Waals surface area contributed by atoms with Crippen molar-refractivity contribution in [2.45, 2.75) is 0 Å². The maximum Gasteiger partial charge on any atom is 0.116 e. The van der Waals surface area contributed by atoms with Crippen molar-refractivity contribution >= 4 is 32.6 Å². The Hall–Kier alpha value is -2.41. The van der Waals surface area contributed by atoms with Gasteiger partial charge in [0.25, 0.3) is 0 Å². The molecule has 7 heteroatoms. The van der Waals surface area contributed by atoms with Crippen LogP contribution in [-0.4, -0.2) is 30.4 Å². The summed E-state index contributed by atoms with van der Waals surface area (Å²) in [6.07, 6.45) is 6.84. The lowest BCUT2D eigenvalue weighted by Crippen LogP contribution is -1.83. The van der Waals surface area contributed by atoms with Crippen LogP contribution in [0.5, 0.6) is 0 Å². The average molecular weight is 256 g/mol. The van der Waals surface area contributed by atoms with Gasteiger partial charge in [-0.15, -0.1) is 21.5 Å². The van der Waals surface area contributed by atoms with Crippen LogP contribution < -0.4 is 0 Å². The van der Waals surface area contributed by atoms with Crippen molar-refractivity contribution in [3.63, 3.8) is 0 Å². The van der Waals surface area contributed by atoms with Crippen molar-refractivity contribution < 1.29 is 0 Å². The molecule has 0 aromatic carbocycles. The summed E-state index contributed by atoms with van der Waals surface area (Å²) in [5.41, 5.74) is 2.81. The van der Waals surface area contributed by atoms with Crippen molar-refractivity contribution in [3.05, 3.63) is 42.4 Å². The van der Waals surface area contributed by atoms with Crippen molar-refractivity contribution in [2.24, 2.45) is 0 Å². The van der Waals surface area contributed by atoms with Crippen LogP contribution in [0.15, 0.2) is 42.4 Å². The van der Waals surface area contributed by atoms with Gasteiger partial charge in [-0.3, -0.25) is 0 Å². The first-order chi connectivity index (χ1) is 8.93. The molecule has 4 rings (SSSR count). The van der Waals surface area contributed by atoms with Crippen LogP contribution in [0, 0.1) is 0 Å². The molecular formula is C11H8N6S. The topological polar surface area (TPSA) is 80.2 Å². The number of nitrogens with zero attached hydrogens (tertiary/aromatic N) is 5. The largest absolute Gasteiger partial charge is 0.358 e. The molecule has 0 unspecified atom stereocenters. The van der Waals surface area contributed by atoms with E-state index >= 15 is 0 Å². The number of rotatable bonds is 0. The van der Waals surface area contributed by atoms with Gasteiger partial charge in [0.15, 0.2) is 0 Å². The van der Waals surface area contributed by atoms with Gasteiger partial charge >= 0.3 is 0 Å². The molecule has 88 valence electrons. The smallest absolute Gasteiger partial charge is 0.116 e. The minimum absolute atomic E-state index is 0.852. The summed E-state index contributed by atoms with van der Waals surface area (Å²) in [5.74, 6) is 0. The third-order valence-corrected chi connectivity index (χ3v) is 3.12. The van der Waals surface area contributed by atoms with Crippen LogP contribution in [0.1, 0.15) is 0 Å². The second-order valence-electron chi connectivity index (χ2n) is 3.40. The Bertz CT molecular complexity index is 636. The van der Waals surface area contributed by atoms with Crippen LogP contribution >= 0.6 is 11.3 Å². The number of aromatic amines is 1. The molecule has 18 heavy (non-hydrogen) atoms. The third-order valence-electron chi connectivity index (χ3n) is 2.28. The van der Waals surface area contributed by atoms with Crippen molar-refractivity contribution in [1.29, 1.82) is 0 Å². The molecule has 0 radical (unpaired) electrons. The summed E-state index contributed by atoms with van der Waals surface area (Å²) in [7, 11) is 0. The summed E-state index contributed by atoms with van der Waals surface area (Å²) in [5, 5.41) is 12.8. The molecule has 0 aliphatic heterocycles. The van der Waals surface area contributed by atoms with E-state index in [9.17, 15) is 0 Å². The molecule has 1 N–H and O–H groups in total. The highest BCUT2D eigenvalue weighted by molar-refractivity contribution is 7.17. The van der Waals surface area contributed by atoms with Crippen LogP contribution in [0.25, 0.3) is 21.3 Å². The summed E-state index contributed by atoms with van der Waals surface area (Å²) < 4.78 is 1.15. The zero-order valence-corrected chi connectivity index (χ0v) is 10.0. The molecular weight excluding hydrogens is 248 g/mol. The minimum atomic E-state index is 0.852. The Morgan fingerprint density at radius 2 is 2.11 bits per heavy atom. The van der Waals surface area contributed by atoms with E-state index in [1.165, 1.54) is 0 Å². The number of H-pyrrole nitrogens is 1. The van der Waals surface area contributed by atoms with Crippen LogP contribution in [0.3, 0.4) is 0 Å². The fourth-order valence-corrected chi connectivity index (χ4v) is 2.14. The Morgan fingerprint density at radius 3 is 3.00 bits per heavy atom. The fraction of sp³-hybridized carbons (Fsp3) is 0. The molecule has 0 aliphatic rings. The first-order valence-corrected chi connectivity index (χ1v) is 6.06. The lowest BCUT2D eigenvalue weighted by atomic mass is 10.5. The van der Waals surface area contributed by atoms with Gasteiger partial charge in [0.05, 0.1) is 21.9 Å². The second kappa shape index (κ2) is 4.84. The zero-order chi connectivity index (χ0) is 12.2. The normalized spacial score (nSPS) is 10.2. The van der Waals surface area contributed by atoms with E-state index in [0.29, 0.717) is 0 Å². The molecule has 4 aromatic rings.